The van der Waals surface area contributed by atoms with Crippen LogP contribution in [0.3, 0.4) is 0 Å². The van der Waals surface area contributed by atoms with E-state index in [1.165, 1.54) is 0 Å². The highest BCUT2D eigenvalue weighted by molar-refractivity contribution is 5.76. The van der Waals surface area contributed by atoms with Gasteiger partial charge in [-0.15, -0.1) is 0 Å². The molecule has 1 heterocycles. The third-order valence-electron chi connectivity index (χ3n) is 1.79. The zero-order chi connectivity index (χ0) is 8.97. The van der Waals surface area contributed by atoms with E-state index in [0.29, 0.717) is 13.0 Å². The second kappa shape index (κ2) is 4.23. The minimum absolute atomic E-state index is 0.0753. The fourth-order valence-corrected chi connectivity index (χ4v) is 1.18. The van der Waals surface area contributed by atoms with Crippen molar-refractivity contribution in [1.29, 1.82) is 0 Å². The Morgan fingerprint density at radius 2 is 2.58 bits per heavy atom. The molecule has 2 atom stereocenters. The van der Waals surface area contributed by atoms with Crippen LogP contribution >= 0.6 is 0 Å². The molecule has 0 unspecified atom stereocenters. The van der Waals surface area contributed by atoms with Crippen molar-refractivity contribution in [3.8, 4) is 0 Å². The molecule has 0 amide bonds. The number of esters is 1. The van der Waals surface area contributed by atoms with Gasteiger partial charge in [0.05, 0.1) is 0 Å². The topological polar surface area (TPSA) is 64.3 Å². The average molecular weight is 170 g/mol. The van der Waals surface area contributed by atoms with Crippen LogP contribution in [0.2, 0.25) is 0 Å². The summed E-state index contributed by atoms with van der Waals surface area (Å²) in [5.41, 5.74) is 5.60. The molecule has 1 fully saturated rings. The maximum Gasteiger partial charge on any atom is 0.323 e. The molecule has 4 heteroatoms. The Labute approximate surface area is 71.8 Å². The summed E-state index contributed by atoms with van der Waals surface area (Å²) in [6.45, 7) is 4.41. The molecule has 0 radical (unpaired) electrons. The summed E-state index contributed by atoms with van der Waals surface area (Å²) in [6, 6.07) is -0.147. The first-order valence-corrected chi connectivity index (χ1v) is 4.00. The molecule has 4 nitrogen and oxygen atoms in total. The minimum Gasteiger partial charge on any atom is -0.460 e. The summed E-state index contributed by atoms with van der Waals surface area (Å²) >= 11 is 0. The molecular weight excluding hydrogens is 156 g/mol. The van der Waals surface area contributed by atoms with Crippen molar-refractivity contribution in [3.05, 3.63) is 12.7 Å². The third-order valence-corrected chi connectivity index (χ3v) is 1.79. The zero-order valence-corrected chi connectivity index (χ0v) is 6.95. The molecule has 0 aromatic carbocycles. The van der Waals surface area contributed by atoms with Gasteiger partial charge in [0.2, 0.25) is 0 Å². The molecule has 0 aromatic heterocycles. The number of carbonyl (C=O) groups excluding carboxylic acids is 1. The van der Waals surface area contributed by atoms with Crippen LogP contribution in [-0.4, -0.2) is 31.2 Å². The molecule has 1 rings (SSSR count). The van der Waals surface area contributed by atoms with Crippen molar-refractivity contribution < 1.29 is 9.53 Å². The lowest BCUT2D eigenvalue weighted by molar-refractivity contribution is -0.144. The van der Waals surface area contributed by atoms with E-state index < -0.39 is 0 Å². The third kappa shape index (κ3) is 2.32. The van der Waals surface area contributed by atoms with Gasteiger partial charge >= 0.3 is 5.97 Å². The van der Waals surface area contributed by atoms with E-state index in [2.05, 4.69) is 11.9 Å². The van der Waals surface area contributed by atoms with Gasteiger partial charge in [-0.25, -0.2) is 0 Å². The quantitative estimate of drug-likeness (QED) is 0.438. The molecule has 1 aliphatic heterocycles. The van der Waals surface area contributed by atoms with Crippen LogP contribution in [0.25, 0.3) is 0 Å². The number of hydrogen-bond acceptors (Lipinski definition) is 4. The van der Waals surface area contributed by atoms with E-state index in [4.69, 9.17) is 10.5 Å². The predicted molar refractivity (Wildman–Crippen MR) is 45.5 cm³/mol. The van der Waals surface area contributed by atoms with Crippen molar-refractivity contribution in [1.82, 2.24) is 5.32 Å². The molecule has 12 heavy (non-hydrogen) atoms. The molecule has 0 saturated carbocycles. The van der Waals surface area contributed by atoms with E-state index in [9.17, 15) is 4.79 Å². The van der Waals surface area contributed by atoms with Gasteiger partial charge in [0.15, 0.2) is 0 Å². The highest BCUT2D eigenvalue weighted by Gasteiger charge is 2.27. The molecule has 1 aliphatic rings. The average Bonchev–Trinajstić information content (AvgIpc) is 2.47. The Hall–Kier alpha value is -0.870. The summed E-state index contributed by atoms with van der Waals surface area (Å²) in [7, 11) is 0. The molecule has 0 spiro atoms. The fourth-order valence-electron chi connectivity index (χ4n) is 1.18. The van der Waals surface area contributed by atoms with E-state index in [-0.39, 0.29) is 24.7 Å². The number of carbonyl (C=O) groups is 1. The summed E-state index contributed by atoms with van der Waals surface area (Å²) in [5.74, 6) is -0.233. The first-order chi connectivity index (χ1) is 5.74. The van der Waals surface area contributed by atoms with Crippen LogP contribution < -0.4 is 11.1 Å². The zero-order valence-electron chi connectivity index (χ0n) is 6.95. The second-order valence-corrected chi connectivity index (χ2v) is 2.88. The number of ether oxygens (including phenoxy) is 1. The number of nitrogens with two attached hydrogens (primary N) is 1. The van der Waals surface area contributed by atoms with Gasteiger partial charge in [-0.2, -0.15) is 0 Å². The predicted octanol–water partition coefficient (Wildman–Crippen LogP) is -0.595. The van der Waals surface area contributed by atoms with Crippen molar-refractivity contribution >= 4 is 5.97 Å². The van der Waals surface area contributed by atoms with E-state index >= 15 is 0 Å². The van der Waals surface area contributed by atoms with Gasteiger partial charge in [0, 0.05) is 12.6 Å². The van der Waals surface area contributed by atoms with Gasteiger partial charge in [-0.05, 0) is 6.42 Å². The summed E-state index contributed by atoms with van der Waals surface area (Å²) < 4.78 is 4.85. The minimum atomic E-state index is -0.233. The van der Waals surface area contributed by atoms with Crippen molar-refractivity contribution in [2.24, 2.45) is 5.73 Å². The second-order valence-electron chi connectivity index (χ2n) is 2.88. The highest BCUT2D eigenvalue weighted by atomic mass is 16.5. The van der Waals surface area contributed by atoms with Crippen LogP contribution in [0, 0.1) is 0 Å². The Morgan fingerprint density at radius 3 is 3.08 bits per heavy atom. The van der Waals surface area contributed by atoms with Crippen molar-refractivity contribution in [2.45, 2.75) is 18.5 Å². The summed E-state index contributed by atoms with van der Waals surface area (Å²) in [4.78, 5) is 11.2. The Balaban J connectivity index is 2.28. The molecule has 1 saturated heterocycles. The molecule has 0 aromatic rings. The Kier molecular flexibility index (Phi) is 3.25. The van der Waals surface area contributed by atoms with Crippen LogP contribution in [0.15, 0.2) is 12.7 Å². The maximum absolute atomic E-state index is 11.2. The van der Waals surface area contributed by atoms with E-state index in [1.807, 2.05) is 0 Å². The number of rotatable bonds is 3. The lowest BCUT2D eigenvalue weighted by Crippen LogP contribution is -2.32. The van der Waals surface area contributed by atoms with E-state index in [0.717, 1.165) is 0 Å². The van der Waals surface area contributed by atoms with Gasteiger partial charge in [0.1, 0.15) is 12.6 Å². The maximum atomic E-state index is 11.2. The molecular formula is C8H14N2O2. The van der Waals surface area contributed by atoms with Gasteiger partial charge in [-0.3, -0.25) is 4.79 Å². The van der Waals surface area contributed by atoms with Crippen LogP contribution in [0.4, 0.5) is 0 Å². The molecule has 68 valence electrons. The monoisotopic (exact) mass is 170 g/mol. The van der Waals surface area contributed by atoms with Gasteiger partial charge < -0.3 is 15.8 Å². The van der Waals surface area contributed by atoms with E-state index in [1.54, 1.807) is 6.08 Å². The molecule has 3 N–H and O–H groups in total. The standard InChI is InChI=1S/C8H14N2O2/c1-2-3-12-8(11)7-4-6(9)5-10-7/h2,6-7,10H,1,3-5,9H2/t6-,7+/m1/s1. The normalized spacial score (nSPS) is 28.4. The molecule has 0 aliphatic carbocycles. The van der Waals surface area contributed by atoms with Gasteiger partial charge in [0.25, 0.3) is 0 Å². The van der Waals surface area contributed by atoms with Crippen molar-refractivity contribution in [3.63, 3.8) is 0 Å². The largest absolute Gasteiger partial charge is 0.460 e. The van der Waals surface area contributed by atoms with Crippen LogP contribution in [-0.2, 0) is 9.53 Å². The van der Waals surface area contributed by atoms with Crippen LogP contribution in [0.1, 0.15) is 6.42 Å². The lowest BCUT2D eigenvalue weighted by atomic mass is 10.2. The van der Waals surface area contributed by atoms with Gasteiger partial charge in [-0.1, -0.05) is 12.7 Å². The summed E-state index contributed by atoms with van der Waals surface area (Å²) in [6.07, 6.45) is 2.21. The highest BCUT2D eigenvalue weighted by Crippen LogP contribution is 2.05. The summed E-state index contributed by atoms with van der Waals surface area (Å²) in [5, 5.41) is 2.98. The van der Waals surface area contributed by atoms with Crippen molar-refractivity contribution in [2.75, 3.05) is 13.2 Å². The SMILES string of the molecule is C=CCOC(=O)[C@@H]1C[C@@H](N)CN1. The Bertz CT molecular complexity index is 182. The first kappa shape index (κ1) is 9.22. The molecule has 0 bridgehead atoms. The first-order valence-electron chi connectivity index (χ1n) is 4.00. The fraction of sp³-hybridized carbons (Fsp3) is 0.625. The number of hydrogen-bond donors (Lipinski definition) is 2. The Morgan fingerprint density at radius 1 is 1.83 bits per heavy atom. The smallest absolute Gasteiger partial charge is 0.323 e. The number of nitrogens with one attached hydrogen (secondary N) is 1. The lowest BCUT2D eigenvalue weighted by Gasteiger charge is -2.07. The van der Waals surface area contributed by atoms with Crippen LogP contribution in [0.5, 0.6) is 0 Å².